The van der Waals surface area contributed by atoms with Crippen molar-refractivity contribution in [1.29, 1.82) is 0 Å². The predicted molar refractivity (Wildman–Crippen MR) is 79.8 cm³/mol. The summed E-state index contributed by atoms with van der Waals surface area (Å²) >= 11 is 7.81. The third kappa shape index (κ3) is 3.48. The molecule has 0 aliphatic heterocycles. The fraction of sp³-hybridized carbons (Fsp3) is 0.333. The Morgan fingerprint density at radius 2 is 1.95 bits per heavy atom. The quantitative estimate of drug-likeness (QED) is 0.607. The average molecular weight is 291 g/mol. The van der Waals surface area contributed by atoms with Crippen LogP contribution in [0, 0.1) is 6.92 Å². The summed E-state index contributed by atoms with van der Waals surface area (Å²) in [5, 5.41) is 0.566. The maximum absolute atomic E-state index is 6.06. The number of rotatable bonds is 4. The molecule has 1 fully saturated rings. The smallest absolute Gasteiger partial charge is 0.140 e. The van der Waals surface area contributed by atoms with E-state index in [0.717, 1.165) is 17.3 Å². The number of aryl methyl sites for hydroxylation is 1. The van der Waals surface area contributed by atoms with Gasteiger partial charge in [0.15, 0.2) is 0 Å². The summed E-state index contributed by atoms with van der Waals surface area (Å²) in [6.07, 6.45) is 2.47. The van der Waals surface area contributed by atoms with Crippen molar-refractivity contribution in [2.75, 3.05) is 0 Å². The Bertz CT molecular complexity index is 579. The molecule has 1 aliphatic rings. The second kappa shape index (κ2) is 5.51. The third-order valence-electron chi connectivity index (χ3n) is 3.15. The van der Waals surface area contributed by atoms with Gasteiger partial charge in [0.1, 0.15) is 11.0 Å². The van der Waals surface area contributed by atoms with Gasteiger partial charge in [-0.1, -0.05) is 29.3 Å². The maximum Gasteiger partial charge on any atom is 0.140 e. The summed E-state index contributed by atoms with van der Waals surface area (Å²) in [7, 11) is 0. The summed E-state index contributed by atoms with van der Waals surface area (Å²) < 4.78 is 0. The van der Waals surface area contributed by atoms with Crippen LogP contribution in [0.4, 0.5) is 0 Å². The van der Waals surface area contributed by atoms with E-state index >= 15 is 0 Å². The van der Waals surface area contributed by atoms with Gasteiger partial charge in [0, 0.05) is 16.5 Å². The number of thioether (sulfide) groups is 1. The SMILES string of the molecule is Cc1ccc(SCc2nc(Cl)cc(C3CC3)n2)cc1. The monoisotopic (exact) mass is 290 g/mol. The Morgan fingerprint density at radius 1 is 1.21 bits per heavy atom. The minimum Gasteiger partial charge on any atom is -0.237 e. The topological polar surface area (TPSA) is 25.8 Å². The third-order valence-corrected chi connectivity index (χ3v) is 4.35. The molecule has 1 heterocycles. The standard InChI is InChI=1S/C15H15ClN2S/c1-10-2-6-12(7-3-10)19-9-15-17-13(11-4-5-11)8-14(16)18-15/h2-3,6-8,11H,4-5,9H2,1H3. The Kier molecular flexibility index (Phi) is 3.76. The highest BCUT2D eigenvalue weighted by Crippen LogP contribution is 2.39. The highest BCUT2D eigenvalue weighted by molar-refractivity contribution is 7.98. The Morgan fingerprint density at radius 3 is 2.63 bits per heavy atom. The van der Waals surface area contributed by atoms with Gasteiger partial charge in [0.25, 0.3) is 0 Å². The second-order valence-corrected chi connectivity index (χ2v) is 6.34. The first-order valence-electron chi connectivity index (χ1n) is 6.43. The average Bonchev–Trinajstić information content (AvgIpc) is 3.22. The Balaban J connectivity index is 1.70. The van der Waals surface area contributed by atoms with E-state index in [9.17, 15) is 0 Å². The van der Waals surface area contributed by atoms with Crippen molar-refractivity contribution < 1.29 is 0 Å². The minimum atomic E-state index is 0.566. The van der Waals surface area contributed by atoms with E-state index in [1.165, 1.54) is 23.3 Å². The molecular weight excluding hydrogens is 276 g/mol. The molecule has 1 aromatic heterocycles. The number of hydrogen-bond acceptors (Lipinski definition) is 3. The van der Waals surface area contributed by atoms with Gasteiger partial charge in [-0.15, -0.1) is 11.8 Å². The molecule has 0 saturated heterocycles. The zero-order valence-corrected chi connectivity index (χ0v) is 12.3. The second-order valence-electron chi connectivity index (χ2n) is 4.91. The van der Waals surface area contributed by atoms with Crippen molar-refractivity contribution in [3.63, 3.8) is 0 Å². The van der Waals surface area contributed by atoms with Crippen molar-refractivity contribution in [2.45, 2.75) is 36.3 Å². The lowest BCUT2D eigenvalue weighted by Gasteiger charge is -2.04. The molecule has 0 N–H and O–H groups in total. The van der Waals surface area contributed by atoms with Gasteiger partial charge in [0.05, 0.1) is 5.75 Å². The molecule has 19 heavy (non-hydrogen) atoms. The minimum absolute atomic E-state index is 0.566. The van der Waals surface area contributed by atoms with Crippen LogP contribution in [-0.2, 0) is 5.75 Å². The first kappa shape index (κ1) is 12.9. The normalized spacial score (nSPS) is 14.6. The Hall–Kier alpha value is -1.06. The lowest BCUT2D eigenvalue weighted by atomic mass is 10.2. The zero-order chi connectivity index (χ0) is 13.2. The molecule has 1 saturated carbocycles. The van der Waals surface area contributed by atoms with Gasteiger partial charge in [-0.25, -0.2) is 9.97 Å². The van der Waals surface area contributed by atoms with E-state index < -0.39 is 0 Å². The maximum atomic E-state index is 6.06. The highest BCUT2D eigenvalue weighted by atomic mass is 35.5. The van der Waals surface area contributed by atoms with Crippen LogP contribution in [0.3, 0.4) is 0 Å². The molecule has 0 unspecified atom stereocenters. The van der Waals surface area contributed by atoms with Crippen LogP contribution in [0.15, 0.2) is 35.2 Å². The summed E-state index contributed by atoms with van der Waals surface area (Å²) in [5.74, 6) is 2.21. The van der Waals surface area contributed by atoms with Crippen molar-refractivity contribution >= 4 is 23.4 Å². The molecule has 0 radical (unpaired) electrons. The number of halogens is 1. The largest absolute Gasteiger partial charge is 0.237 e. The van der Waals surface area contributed by atoms with Gasteiger partial charge < -0.3 is 0 Å². The van der Waals surface area contributed by atoms with Gasteiger partial charge in [-0.05, 0) is 38.0 Å². The fourth-order valence-corrected chi connectivity index (χ4v) is 2.88. The molecule has 4 heteroatoms. The van der Waals surface area contributed by atoms with E-state index in [1.807, 2.05) is 6.07 Å². The number of nitrogens with zero attached hydrogens (tertiary/aromatic N) is 2. The number of benzene rings is 1. The van der Waals surface area contributed by atoms with Crippen molar-refractivity contribution in [2.24, 2.45) is 0 Å². The highest BCUT2D eigenvalue weighted by Gasteiger charge is 2.25. The summed E-state index contributed by atoms with van der Waals surface area (Å²) in [5.41, 5.74) is 2.39. The molecule has 98 valence electrons. The number of aromatic nitrogens is 2. The van der Waals surface area contributed by atoms with Crippen molar-refractivity contribution in [1.82, 2.24) is 9.97 Å². The van der Waals surface area contributed by atoms with Crippen LogP contribution < -0.4 is 0 Å². The van der Waals surface area contributed by atoms with E-state index in [0.29, 0.717) is 11.1 Å². The molecule has 0 bridgehead atoms. The van der Waals surface area contributed by atoms with E-state index in [1.54, 1.807) is 11.8 Å². The summed E-state index contributed by atoms with van der Waals surface area (Å²) in [6, 6.07) is 10.4. The first-order valence-corrected chi connectivity index (χ1v) is 7.80. The molecule has 0 spiro atoms. The van der Waals surface area contributed by atoms with Gasteiger partial charge in [0.2, 0.25) is 0 Å². The van der Waals surface area contributed by atoms with Crippen LogP contribution >= 0.6 is 23.4 Å². The van der Waals surface area contributed by atoms with Crippen LogP contribution in [-0.4, -0.2) is 9.97 Å². The Labute approximate surface area is 122 Å². The summed E-state index contributed by atoms with van der Waals surface area (Å²) in [6.45, 7) is 2.09. The summed E-state index contributed by atoms with van der Waals surface area (Å²) in [4.78, 5) is 10.2. The lowest BCUT2D eigenvalue weighted by Crippen LogP contribution is -1.97. The molecule has 2 aromatic rings. The van der Waals surface area contributed by atoms with E-state index in [2.05, 4.69) is 41.2 Å². The molecule has 3 rings (SSSR count). The molecule has 1 aliphatic carbocycles. The molecule has 1 aromatic carbocycles. The molecular formula is C15H15ClN2S. The van der Waals surface area contributed by atoms with Gasteiger partial charge in [-0.3, -0.25) is 0 Å². The van der Waals surface area contributed by atoms with Gasteiger partial charge in [-0.2, -0.15) is 0 Å². The molecule has 0 atom stereocenters. The van der Waals surface area contributed by atoms with Crippen molar-refractivity contribution in [3.05, 3.63) is 52.6 Å². The van der Waals surface area contributed by atoms with Crippen LogP contribution in [0.25, 0.3) is 0 Å². The van der Waals surface area contributed by atoms with Crippen LogP contribution in [0.2, 0.25) is 5.15 Å². The molecule has 0 amide bonds. The van der Waals surface area contributed by atoms with Gasteiger partial charge >= 0.3 is 0 Å². The zero-order valence-electron chi connectivity index (χ0n) is 10.8. The predicted octanol–water partition coefficient (Wildman–Crippen LogP) is 4.61. The van der Waals surface area contributed by atoms with E-state index in [4.69, 9.17) is 11.6 Å². The van der Waals surface area contributed by atoms with Crippen LogP contribution in [0.1, 0.15) is 35.8 Å². The first-order chi connectivity index (χ1) is 9.20. The van der Waals surface area contributed by atoms with Crippen molar-refractivity contribution in [3.8, 4) is 0 Å². The lowest BCUT2D eigenvalue weighted by molar-refractivity contribution is 0.932. The van der Waals surface area contributed by atoms with Crippen LogP contribution in [0.5, 0.6) is 0 Å². The van der Waals surface area contributed by atoms with E-state index in [-0.39, 0.29) is 0 Å². The molecule has 2 nitrogen and oxygen atoms in total. The number of hydrogen-bond donors (Lipinski definition) is 0. The fourth-order valence-electron chi connectivity index (χ4n) is 1.92.